The zero-order chi connectivity index (χ0) is 12.6. The molecule has 0 bridgehead atoms. The van der Waals surface area contributed by atoms with Crippen molar-refractivity contribution in [2.75, 3.05) is 19.6 Å². The van der Waals surface area contributed by atoms with Crippen LogP contribution in [0.3, 0.4) is 0 Å². The Morgan fingerprint density at radius 3 is 2.65 bits per heavy atom. The van der Waals surface area contributed by atoms with Crippen molar-refractivity contribution < 1.29 is 4.79 Å². The second kappa shape index (κ2) is 4.48. The maximum absolute atomic E-state index is 12.2. The number of hydrogen-bond donors (Lipinski definition) is 1. The lowest BCUT2D eigenvalue weighted by atomic mass is 10.1. The molecule has 2 amide bonds. The highest BCUT2D eigenvalue weighted by Gasteiger charge is 2.37. The number of carbonyl (C=O) groups excluding carboxylic acids is 1. The molecule has 0 radical (unpaired) electrons. The number of fused-ring (bicyclic) bond motifs is 1. The van der Waals surface area contributed by atoms with Gasteiger partial charge in [0.15, 0.2) is 0 Å². The number of nitrogens with zero attached hydrogens (tertiary/aromatic N) is 2. The van der Waals surface area contributed by atoms with Gasteiger partial charge in [0.25, 0.3) is 0 Å². The molecule has 4 heteroatoms. The molecule has 0 saturated carbocycles. The van der Waals surface area contributed by atoms with E-state index in [1.807, 2.05) is 25.7 Å². The first-order valence-electron chi connectivity index (χ1n) is 6.69. The number of urea groups is 1. The van der Waals surface area contributed by atoms with Crippen molar-refractivity contribution in [3.05, 3.63) is 0 Å². The Bertz CT molecular complexity index is 298. The molecule has 2 saturated heterocycles. The molecule has 2 aliphatic rings. The van der Waals surface area contributed by atoms with Gasteiger partial charge >= 0.3 is 6.03 Å². The minimum Gasteiger partial charge on any atom is -0.333 e. The zero-order valence-corrected chi connectivity index (χ0v) is 11.5. The smallest absolute Gasteiger partial charge is 0.318 e. The predicted molar refractivity (Wildman–Crippen MR) is 69.0 cm³/mol. The monoisotopic (exact) mass is 239 g/mol. The average Bonchev–Trinajstić information content (AvgIpc) is 2.60. The summed E-state index contributed by atoms with van der Waals surface area (Å²) in [4.78, 5) is 16.8. The van der Waals surface area contributed by atoms with Gasteiger partial charge in [-0.1, -0.05) is 0 Å². The van der Waals surface area contributed by atoms with Gasteiger partial charge in [0, 0.05) is 30.7 Å². The highest BCUT2D eigenvalue weighted by atomic mass is 16.2. The second-order valence-corrected chi connectivity index (χ2v) is 6.47. The standard InChI is InChI=1S/C13H25N3O/c1-10-8-15-7-5-6-11(15)9-16(10)12(17)14-13(2,3)4/h10-11H,5-9H2,1-4H3,(H,14,17). The first-order valence-corrected chi connectivity index (χ1v) is 6.69. The summed E-state index contributed by atoms with van der Waals surface area (Å²) in [5.74, 6) is 0. The molecule has 0 aromatic carbocycles. The summed E-state index contributed by atoms with van der Waals surface area (Å²) in [6, 6.07) is 1.01. The number of carbonyl (C=O) groups is 1. The van der Waals surface area contributed by atoms with Crippen molar-refractivity contribution in [1.29, 1.82) is 0 Å². The van der Waals surface area contributed by atoms with Gasteiger partial charge < -0.3 is 10.2 Å². The van der Waals surface area contributed by atoms with Gasteiger partial charge in [-0.15, -0.1) is 0 Å². The average molecular weight is 239 g/mol. The van der Waals surface area contributed by atoms with Crippen LogP contribution in [-0.2, 0) is 0 Å². The van der Waals surface area contributed by atoms with Crippen molar-refractivity contribution in [2.45, 2.75) is 58.2 Å². The van der Waals surface area contributed by atoms with E-state index < -0.39 is 0 Å². The molecule has 2 rings (SSSR count). The molecular weight excluding hydrogens is 214 g/mol. The summed E-state index contributed by atoms with van der Waals surface area (Å²) < 4.78 is 0. The number of nitrogens with one attached hydrogen (secondary N) is 1. The van der Waals surface area contributed by atoms with Crippen LogP contribution >= 0.6 is 0 Å². The quantitative estimate of drug-likeness (QED) is 0.698. The van der Waals surface area contributed by atoms with E-state index in [9.17, 15) is 4.79 Å². The molecule has 2 heterocycles. The summed E-state index contributed by atoms with van der Waals surface area (Å²) in [5.41, 5.74) is -0.149. The number of amides is 2. The van der Waals surface area contributed by atoms with Gasteiger partial charge in [-0.05, 0) is 47.1 Å². The fraction of sp³-hybridized carbons (Fsp3) is 0.923. The molecule has 0 aromatic rings. The molecule has 2 unspecified atom stereocenters. The van der Waals surface area contributed by atoms with Crippen LogP contribution in [0.2, 0.25) is 0 Å². The number of hydrogen-bond acceptors (Lipinski definition) is 2. The fourth-order valence-corrected chi connectivity index (χ4v) is 2.86. The van der Waals surface area contributed by atoms with Gasteiger partial charge in [-0.3, -0.25) is 4.90 Å². The predicted octanol–water partition coefficient (Wildman–Crippen LogP) is 1.66. The first kappa shape index (κ1) is 12.7. The summed E-state index contributed by atoms with van der Waals surface area (Å²) in [6.07, 6.45) is 2.53. The highest BCUT2D eigenvalue weighted by molar-refractivity contribution is 5.75. The third kappa shape index (κ3) is 2.92. The van der Waals surface area contributed by atoms with Gasteiger partial charge in [0.2, 0.25) is 0 Å². The largest absolute Gasteiger partial charge is 0.333 e. The van der Waals surface area contributed by atoms with Gasteiger partial charge in [-0.2, -0.15) is 0 Å². The Morgan fingerprint density at radius 1 is 1.29 bits per heavy atom. The molecule has 98 valence electrons. The van der Waals surface area contributed by atoms with E-state index in [4.69, 9.17) is 0 Å². The Kier molecular flexibility index (Phi) is 3.34. The second-order valence-electron chi connectivity index (χ2n) is 6.47. The summed E-state index contributed by atoms with van der Waals surface area (Å²) in [7, 11) is 0. The normalized spacial score (nSPS) is 30.2. The number of rotatable bonds is 0. The maximum atomic E-state index is 12.2. The van der Waals surface area contributed by atoms with Crippen LogP contribution in [0.15, 0.2) is 0 Å². The maximum Gasteiger partial charge on any atom is 0.318 e. The molecular formula is C13H25N3O. The van der Waals surface area contributed by atoms with Crippen LogP contribution in [0.1, 0.15) is 40.5 Å². The molecule has 0 spiro atoms. The molecule has 0 aromatic heterocycles. The van der Waals surface area contributed by atoms with Crippen LogP contribution < -0.4 is 5.32 Å². The third-order valence-corrected chi connectivity index (χ3v) is 3.68. The van der Waals surface area contributed by atoms with E-state index in [0.29, 0.717) is 12.1 Å². The van der Waals surface area contributed by atoms with Crippen molar-refractivity contribution in [2.24, 2.45) is 0 Å². The topological polar surface area (TPSA) is 35.6 Å². The molecule has 1 N–H and O–H groups in total. The Labute approximate surface area is 104 Å². The van der Waals surface area contributed by atoms with Gasteiger partial charge in [0.1, 0.15) is 0 Å². The Hall–Kier alpha value is -0.770. The minimum atomic E-state index is -0.149. The zero-order valence-electron chi connectivity index (χ0n) is 11.5. The molecule has 4 nitrogen and oxygen atoms in total. The highest BCUT2D eigenvalue weighted by Crippen LogP contribution is 2.24. The van der Waals surface area contributed by atoms with Crippen molar-refractivity contribution >= 4 is 6.03 Å². The van der Waals surface area contributed by atoms with E-state index in [0.717, 1.165) is 13.1 Å². The number of piperazine rings is 1. The summed E-state index contributed by atoms with van der Waals surface area (Å²) >= 11 is 0. The Morgan fingerprint density at radius 2 is 2.00 bits per heavy atom. The van der Waals surface area contributed by atoms with E-state index in [1.54, 1.807) is 0 Å². The molecule has 2 atom stereocenters. The molecule has 2 fully saturated rings. The summed E-state index contributed by atoms with van der Waals surface area (Å²) in [6.45, 7) is 11.4. The van der Waals surface area contributed by atoms with Crippen LogP contribution in [0.25, 0.3) is 0 Å². The van der Waals surface area contributed by atoms with Crippen LogP contribution in [0.4, 0.5) is 4.79 Å². The van der Waals surface area contributed by atoms with Crippen LogP contribution in [0, 0.1) is 0 Å². The van der Waals surface area contributed by atoms with Crippen LogP contribution in [-0.4, -0.2) is 53.1 Å². The van der Waals surface area contributed by atoms with Gasteiger partial charge in [-0.25, -0.2) is 4.79 Å². The Balaban J connectivity index is 1.98. The van der Waals surface area contributed by atoms with E-state index in [2.05, 4.69) is 17.1 Å². The minimum absolute atomic E-state index is 0.0940. The lowest BCUT2D eigenvalue weighted by Crippen LogP contribution is -2.60. The molecule has 17 heavy (non-hydrogen) atoms. The lowest BCUT2D eigenvalue weighted by Gasteiger charge is -2.43. The first-order chi connectivity index (χ1) is 7.87. The fourth-order valence-electron chi connectivity index (χ4n) is 2.86. The molecule has 0 aliphatic carbocycles. The lowest BCUT2D eigenvalue weighted by molar-refractivity contribution is 0.0776. The van der Waals surface area contributed by atoms with E-state index in [1.165, 1.54) is 19.4 Å². The van der Waals surface area contributed by atoms with Gasteiger partial charge in [0.05, 0.1) is 0 Å². The third-order valence-electron chi connectivity index (χ3n) is 3.68. The van der Waals surface area contributed by atoms with E-state index in [-0.39, 0.29) is 11.6 Å². The summed E-state index contributed by atoms with van der Waals surface area (Å²) in [5, 5.41) is 3.07. The van der Waals surface area contributed by atoms with Crippen molar-refractivity contribution in [1.82, 2.24) is 15.1 Å². The van der Waals surface area contributed by atoms with Crippen molar-refractivity contribution in [3.8, 4) is 0 Å². The van der Waals surface area contributed by atoms with E-state index >= 15 is 0 Å². The van der Waals surface area contributed by atoms with Crippen molar-refractivity contribution in [3.63, 3.8) is 0 Å². The molecule has 2 aliphatic heterocycles. The SMILES string of the molecule is CC1CN2CCCC2CN1C(=O)NC(C)(C)C. The van der Waals surface area contributed by atoms with Crippen LogP contribution in [0.5, 0.6) is 0 Å².